The molecule has 5 nitrogen and oxygen atoms in total. The standard InChI is InChI=1S/C28H30ClFN2O3S/c1-3-19(2)16-31(28(34)20-8-4-5-9-22(20)29)17-27(33)32-14-12-26-21(13-15-36-26)24(32)18-35-25-11-7-6-10-23(25)30/h4-11,13,15,19,24H,3,12,14,16-18H2,1-2H3/t19-,24-/m1/s1. The number of carbonyl (C=O) groups excluding carboxylic acids is 2. The highest BCUT2D eigenvalue weighted by atomic mass is 35.5. The fourth-order valence-electron chi connectivity index (χ4n) is 4.39. The molecule has 1 aliphatic rings. The van der Waals surface area contributed by atoms with Crippen LogP contribution in [0, 0.1) is 11.7 Å². The van der Waals surface area contributed by atoms with Gasteiger partial charge < -0.3 is 14.5 Å². The van der Waals surface area contributed by atoms with Crippen molar-refractivity contribution in [3.63, 3.8) is 0 Å². The summed E-state index contributed by atoms with van der Waals surface area (Å²) in [6, 6.07) is 14.8. The van der Waals surface area contributed by atoms with Gasteiger partial charge in [-0.2, -0.15) is 0 Å². The van der Waals surface area contributed by atoms with Crippen LogP contribution in [0.2, 0.25) is 5.02 Å². The molecule has 1 aliphatic heterocycles. The van der Waals surface area contributed by atoms with Crippen LogP contribution in [0.4, 0.5) is 4.39 Å². The second kappa shape index (κ2) is 11.9. The number of benzene rings is 2. The SMILES string of the molecule is CC[C@@H](C)CN(CC(=O)N1CCc2sccc2[C@H]1COc1ccccc1F)C(=O)c1ccccc1Cl. The molecule has 2 atom stereocenters. The summed E-state index contributed by atoms with van der Waals surface area (Å²) < 4.78 is 20.0. The first-order valence-electron chi connectivity index (χ1n) is 12.2. The first kappa shape index (κ1) is 26.2. The lowest BCUT2D eigenvalue weighted by Gasteiger charge is -2.37. The number of carbonyl (C=O) groups is 2. The van der Waals surface area contributed by atoms with E-state index in [2.05, 4.69) is 13.8 Å². The van der Waals surface area contributed by atoms with Crippen molar-refractivity contribution in [1.29, 1.82) is 0 Å². The van der Waals surface area contributed by atoms with E-state index in [-0.39, 0.29) is 42.7 Å². The topological polar surface area (TPSA) is 49.9 Å². The van der Waals surface area contributed by atoms with E-state index in [1.165, 1.54) is 10.9 Å². The van der Waals surface area contributed by atoms with Gasteiger partial charge in [0.25, 0.3) is 5.91 Å². The largest absolute Gasteiger partial charge is 0.488 e. The third-order valence-electron chi connectivity index (χ3n) is 6.60. The van der Waals surface area contributed by atoms with Crippen LogP contribution in [0.15, 0.2) is 60.0 Å². The minimum Gasteiger partial charge on any atom is -0.488 e. The first-order valence-corrected chi connectivity index (χ1v) is 13.4. The molecule has 8 heteroatoms. The molecule has 0 N–H and O–H groups in total. The fourth-order valence-corrected chi connectivity index (χ4v) is 5.53. The molecule has 3 aromatic rings. The summed E-state index contributed by atoms with van der Waals surface area (Å²) in [6.45, 7) is 5.13. The summed E-state index contributed by atoms with van der Waals surface area (Å²) in [5.41, 5.74) is 1.40. The third kappa shape index (κ3) is 5.90. The lowest BCUT2D eigenvalue weighted by Crippen LogP contribution is -2.48. The van der Waals surface area contributed by atoms with Crippen molar-refractivity contribution in [1.82, 2.24) is 9.80 Å². The molecule has 2 amide bonds. The molecule has 2 heterocycles. The molecule has 190 valence electrons. The van der Waals surface area contributed by atoms with Crippen molar-refractivity contribution in [3.05, 3.63) is 86.8 Å². The summed E-state index contributed by atoms with van der Waals surface area (Å²) in [6.07, 6.45) is 1.61. The van der Waals surface area contributed by atoms with E-state index in [9.17, 15) is 14.0 Å². The summed E-state index contributed by atoms with van der Waals surface area (Å²) in [5, 5.41) is 2.37. The van der Waals surface area contributed by atoms with E-state index in [1.807, 2.05) is 11.4 Å². The Bertz CT molecular complexity index is 1220. The molecule has 2 aromatic carbocycles. The van der Waals surface area contributed by atoms with Crippen LogP contribution in [0.3, 0.4) is 0 Å². The molecule has 4 rings (SSSR count). The number of hydrogen-bond donors (Lipinski definition) is 0. The Kier molecular flexibility index (Phi) is 8.64. The highest BCUT2D eigenvalue weighted by Gasteiger charge is 2.34. The maximum absolute atomic E-state index is 14.2. The lowest BCUT2D eigenvalue weighted by atomic mass is 10.00. The van der Waals surface area contributed by atoms with Crippen LogP contribution < -0.4 is 4.74 Å². The minimum absolute atomic E-state index is 0.0654. The van der Waals surface area contributed by atoms with Crippen molar-refractivity contribution in [2.75, 3.05) is 26.2 Å². The van der Waals surface area contributed by atoms with Crippen LogP contribution in [0.5, 0.6) is 5.75 Å². The van der Waals surface area contributed by atoms with E-state index >= 15 is 0 Å². The van der Waals surface area contributed by atoms with Gasteiger partial charge in [0, 0.05) is 18.0 Å². The van der Waals surface area contributed by atoms with Gasteiger partial charge in [-0.3, -0.25) is 9.59 Å². The molecule has 0 saturated heterocycles. The quantitative estimate of drug-likeness (QED) is 0.330. The molecular weight excluding hydrogens is 499 g/mol. The normalized spacial score (nSPS) is 15.8. The van der Waals surface area contributed by atoms with E-state index in [1.54, 1.807) is 63.6 Å². The maximum atomic E-state index is 14.2. The fraction of sp³-hybridized carbons (Fsp3) is 0.357. The van der Waals surface area contributed by atoms with Gasteiger partial charge in [0.1, 0.15) is 13.2 Å². The van der Waals surface area contributed by atoms with Crippen molar-refractivity contribution < 1.29 is 18.7 Å². The van der Waals surface area contributed by atoms with Crippen molar-refractivity contribution in [2.45, 2.75) is 32.7 Å². The van der Waals surface area contributed by atoms with Gasteiger partial charge >= 0.3 is 0 Å². The van der Waals surface area contributed by atoms with Gasteiger partial charge in [0.2, 0.25) is 5.91 Å². The molecule has 0 saturated carbocycles. The third-order valence-corrected chi connectivity index (χ3v) is 7.92. The van der Waals surface area contributed by atoms with Crippen LogP contribution >= 0.6 is 22.9 Å². The van der Waals surface area contributed by atoms with Gasteiger partial charge in [0.05, 0.1) is 16.6 Å². The highest BCUT2D eigenvalue weighted by molar-refractivity contribution is 7.10. The Morgan fingerprint density at radius 3 is 2.69 bits per heavy atom. The molecule has 36 heavy (non-hydrogen) atoms. The van der Waals surface area contributed by atoms with Crippen molar-refractivity contribution in [3.8, 4) is 5.75 Å². The van der Waals surface area contributed by atoms with Gasteiger partial charge in [-0.25, -0.2) is 4.39 Å². The van der Waals surface area contributed by atoms with E-state index in [0.29, 0.717) is 23.7 Å². The molecule has 0 unspecified atom stereocenters. The average molecular weight is 529 g/mol. The van der Waals surface area contributed by atoms with Gasteiger partial charge in [-0.1, -0.05) is 56.1 Å². The number of rotatable bonds is 9. The molecule has 0 spiro atoms. The number of amides is 2. The van der Waals surface area contributed by atoms with Gasteiger partial charge in [-0.05, 0) is 53.6 Å². The Hall–Kier alpha value is -2.90. The van der Waals surface area contributed by atoms with Crippen LogP contribution in [-0.2, 0) is 11.2 Å². The van der Waals surface area contributed by atoms with Gasteiger partial charge in [-0.15, -0.1) is 11.3 Å². The summed E-state index contributed by atoms with van der Waals surface area (Å²) in [4.78, 5) is 31.7. The summed E-state index contributed by atoms with van der Waals surface area (Å²) in [7, 11) is 0. The Balaban J connectivity index is 1.56. The highest BCUT2D eigenvalue weighted by Crippen LogP contribution is 2.34. The van der Waals surface area contributed by atoms with E-state index in [4.69, 9.17) is 16.3 Å². The number of fused-ring (bicyclic) bond motifs is 1. The predicted octanol–water partition coefficient (Wildman–Crippen LogP) is 6.23. The number of thiophene rings is 1. The first-order chi connectivity index (χ1) is 17.4. The monoisotopic (exact) mass is 528 g/mol. The Morgan fingerprint density at radius 1 is 1.19 bits per heavy atom. The molecular formula is C28H30ClFN2O3S. The summed E-state index contributed by atoms with van der Waals surface area (Å²) in [5.74, 6) is -0.505. The molecule has 0 aliphatic carbocycles. The predicted molar refractivity (Wildman–Crippen MR) is 141 cm³/mol. The molecule has 0 bridgehead atoms. The number of nitrogens with zero attached hydrogens (tertiary/aromatic N) is 2. The maximum Gasteiger partial charge on any atom is 0.255 e. The minimum atomic E-state index is -0.443. The number of para-hydroxylation sites is 1. The van der Waals surface area contributed by atoms with E-state index < -0.39 is 5.82 Å². The average Bonchev–Trinajstić information content (AvgIpc) is 3.36. The van der Waals surface area contributed by atoms with E-state index in [0.717, 1.165) is 18.4 Å². The number of halogens is 2. The zero-order valence-corrected chi connectivity index (χ0v) is 22.0. The van der Waals surface area contributed by atoms with Crippen LogP contribution in [0.1, 0.15) is 47.1 Å². The zero-order valence-electron chi connectivity index (χ0n) is 20.5. The van der Waals surface area contributed by atoms with Crippen molar-refractivity contribution >= 4 is 34.8 Å². The molecule has 0 fully saturated rings. The second-order valence-electron chi connectivity index (χ2n) is 9.07. The van der Waals surface area contributed by atoms with Crippen LogP contribution in [-0.4, -0.2) is 47.9 Å². The molecule has 0 radical (unpaired) electrons. The second-order valence-corrected chi connectivity index (χ2v) is 10.5. The zero-order chi connectivity index (χ0) is 25.7. The Labute approximate surface area is 220 Å². The summed E-state index contributed by atoms with van der Waals surface area (Å²) >= 11 is 7.96. The Morgan fingerprint density at radius 2 is 1.94 bits per heavy atom. The smallest absolute Gasteiger partial charge is 0.255 e. The van der Waals surface area contributed by atoms with Crippen LogP contribution in [0.25, 0.3) is 0 Å². The lowest BCUT2D eigenvalue weighted by molar-refractivity contribution is -0.135. The van der Waals surface area contributed by atoms with Gasteiger partial charge in [0.15, 0.2) is 11.6 Å². The molecule has 1 aromatic heterocycles. The number of hydrogen-bond acceptors (Lipinski definition) is 4. The van der Waals surface area contributed by atoms with Crippen molar-refractivity contribution in [2.24, 2.45) is 5.92 Å². The number of ether oxygens (including phenoxy) is 1.